The molecule has 1 saturated carbocycles. The first-order valence-corrected chi connectivity index (χ1v) is 8.07. The second-order valence-electron chi connectivity index (χ2n) is 6.06. The summed E-state index contributed by atoms with van der Waals surface area (Å²) in [6.45, 7) is 10.5. The lowest BCUT2D eigenvalue weighted by Gasteiger charge is -2.39. The van der Waals surface area contributed by atoms with Gasteiger partial charge in [0.15, 0.2) is 0 Å². The van der Waals surface area contributed by atoms with Crippen molar-refractivity contribution in [3.05, 3.63) is 34.9 Å². The second-order valence-corrected chi connectivity index (χ2v) is 6.06. The van der Waals surface area contributed by atoms with Gasteiger partial charge in [-0.15, -0.1) is 0 Å². The van der Waals surface area contributed by atoms with Gasteiger partial charge >= 0.3 is 0 Å². The van der Waals surface area contributed by atoms with Gasteiger partial charge in [0, 0.05) is 6.61 Å². The molecule has 2 nitrogen and oxygen atoms in total. The van der Waals surface area contributed by atoms with Crippen LogP contribution < -0.4 is 5.32 Å². The monoisotopic (exact) mass is 275 g/mol. The lowest BCUT2D eigenvalue weighted by Crippen LogP contribution is -2.44. The molecule has 0 aliphatic heterocycles. The Labute approximate surface area is 123 Å². The number of nitrogens with one attached hydrogen (secondary N) is 1. The fraction of sp³-hybridized carbons (Fsp3) is 0.667. The van der Waals surface area contributed by atoms with Crippen molar-refractivity contribution in [1.29, 1.82) is 0 Å². The van der Waals surface area contributed by atoms with Crippen molar-refractivity contribution in [3.8, 4) is 0 Å². The molecule has 112 valence electrons. The van der Waals surface area contributed by atoms with E-state index in [4.69, 9.17) is 4.74 Å². The van der Waals surface area contributed by atoms with Gasteiger partial charge in [0.2, 0.25) is 0 Å². The van der Waals surface area contributed by atoms with Gasteiger partial charge in [-0.1, -0.05) is 43.5 Å². The van der Waals surface area contributed by atoms with E-state index in [1.807, 2.05) is 0 Å². The highest BCUT2D eigenvalue weighted by molar-refractivity contribution is 5.35. The molecular weight excluding hydrogens is 246 g/mol. The van der Waals surface area contributed by atoms with Crippen LogP contribution in [0.4, 0.5) is 0 Å². The fourth-order valence-corrected chi connectivity index (χ4v) is 3.63. The molecule has 1 atom stereocenters. The summed E-state index contributed by atoms with van der Waals surface area (Å²) in [4.78, 5) is 0. The molecule has 0 radical (unpaired) electrons. The van der Waals surface area contributed by atoms with Gasteiger partial charge in [0.1, 0.15) is 0 Å². The molecule has 1 aliphatic carbocycles. The van der Waals surface area contributed by atoms with Crippen molar-refractivity contribution in [1.82, 2.24) is 5.32 Å². The van der Waals surface area contributed by atoms with Crippen LogP contribution in [0.1, 0.15) is 62.3 Å². The summed E-state index contributed by atoms with van der Waals surface area (Å²) in [5.41, 5.74) is 4.11. The molecular formula is C18H29NO. The minimum Gasteiger partial charge on any atom is -0.373 e. The molecule has 2 heteroatoms. The van der Waals surface area contributed by atoms with E-state index in [1.54, 1.807) is 0 Å². The van der Waals surface area contributed by atoms with E-state index in [2.05, 4.69) is 51.2 Å². The Morgan fingerprint density at radius 1 is 1.20 bits per heavy atom. The largest absolute Gasteiger partial charge is 0.373 e. The topological polar surface area (TPSA) is 21.3 Å². The first-order chi connectivity index (χ1) is 9.63. The Hall–Kier alpha value is -0.860. The number of ether oxygens (including phenoxy) is 1. The Kier molecular flexibility index (Phi) is 5.22. The molecule has 1 N–H and O–H groups in total. The summed E-state index contributed by atoms with van der Waals surface area (Å²) in [7, 11) is 0. The van der Waals surface area contributed by atoms with Gasteiger partial charge in [0.25, 0.3) is 0 Å². The normalized spacial score (nSPS) is 19.2. The SMILES string of the molecule is CCNC(c1cc(C)ccc1C)C1(OCC)CCCC1. The van der Waals surface area contributed by atoms with E-state index in [0.717, 1.165) is 13.2 Å². The molecule has 0 spiro atoms. The van der Waals surface area contributed by atoms with Crippen LogP contribution in [-0.2, 0) is 4.74 Å². The fourth-order valence-electron chi connectivity index (χ4n) is 3.63. The standard InChI is InChI=1S/C18H29NO/c1-5-19-17(16-13-14(3)9-10-15(16)4)18(20-6-2)11-7-8-12-18/h9-10,13,17,19H,5-8,11-12H2,1-4H3. The zero-order chi connectivity index (χ0) is 14.6. The van der Waals surface area contributed by atoms with Crippen LogP contribution in [0, 0.1) is 13.8 Å². The first-order valence-electron chi connectivity index (χ1n) is 8.07. The third-order valence-corrected chi connectivity index (χ3v) is 4.56. The van der Waals surface area contributed by atoms with Crippen molar-refractivity contribution < 1.29 is 4.74 Å². The highest BCUT2D eigenvalue weighted by Gasteiger charge is 2.43. The summed E-state index contributed by atoms with van der Waals surface area (Å²) in [5.74, 6) is 0. The van der Waals surface area contributed by atoms with Gasteiger partial charge in [-0.25, -0.2) is 0 Å². The second kappa shape index (κ2) is 6.73. The van der Waals surface area contributed by atoms with E-state index < -0.39 is 0 Å². The van der Waals surface area contributed by atoms with Crippen LogP contribution in [-0.4, -0.2) is 18.8 Å². The average molecular weight is 275 g/mol. The highest BCUT2D eigenvalue weighted by atomic mass is 16.5. The number of rotatable bonds is 6. The van der Waals surface area contributed by atoms with Crippen molar-refractivity contribution in [3.63, 3.8) is 0 Å². The molecule has 1 unspecified atom stereocenters. The summed E-state index contributed by atoms with van der Waals surface area (Å²) in [6, 6.07) is 7.09. The summed E-state index contributed by atoms with van der Waals surface area (Å²) >= 11 is 0. The Morgan fingerprint density at radius 2 is 1.90 bits per heavy atom. The van der Waals surface area contributed by atoms with E-state index in [-0.39, 0.29) is 5.60 Å². The quantitative estimate of drug-likeness (QED) is 0.835. The zero-order valence-electron chi connectivity index (χ0n) is 13.5. The lowest BCUT2D eigenvalue weighted by molar-refractivity contribution is -0.0624. The van der Waals surface area contributed by atoms with Gasteiger partial charge in [-0.05, 0) is 51.3 Å². The third-order valence-electron chi connectivity index (χ3n) is 4.56. The predicted octanol–water partition coefficient (Wildman–Crippen LogP) is 4.30. The van der Waals surface area contributed by atoms with Crippen LogP contribution in [0.2, 0.25) is 0 Å². The van der Waals surface area contributed by atoms with Gasteiger partial charge in [-0.3, -0.25) is 0 Å². The molecule has 0 aromatic heterocycles. The molecule has 0 heterocycles. The third kappa shape index (κ3) is 3.07. The summed E-state index contributed by atoms with van der Waals surface area (Å²) in [5, 5.41) is 3.71. The smallest absolute Gasteiger partial charge is 0.0876 e. The molecule has 20 heavy (non-hydrogen) atoms. The van der Waals surface area contributed by atoms with Crippen LogP contribution in [0.5, 0.6) is 0 Å². The highest BCUT2D eigenvalue weighted by Crippen LogP contribution is 2.43. The number of benzene rings is 1. The van der Waals surface area contributed by atoms with Crippen LogP contribution in [0.15, 0.2) is 18.2 Å². The number of hydrogen-bond donors (Lipinski definition) is 1. The molecule has 0 bridgehead atoms. The Morgan fingerprint density at radius 3 is 2.50 bits per heavy atom. The average Bonchev–Trinajstić information content (AvgIpc) is 2.89. The predicted molar refractivity (Wildman–Crippen MR) is 85.2 cm³/mol. The molecule has 0 amide bonds. The van der Waals surface area contributed by atoms with Gasteiger partial charge < -0.3 is 10.1 Å². The molecule has 1 aromatic rings. The zero-order valence-corrected chi connectivity index (χ0v) is 13.5. The maximum atomic E-state index is 6.29. The van der Waals surface area contributed by atoms with Crippen molar-refractivity contribution in [2.45, 2.75) is 65.0 Å². The molecule has 1 aromatic carbocycles. The van der Waals surface area contributed by atoms with Crippen LogP contribution in [0.3, 0.4) is 0 Å². The maximum Gasteiger partial charge on any atom is 0.0876 e. The first kappa shape index (κ1) is 15.5. The minimum atomic E-state index is -0.0106. The summed E-state index contributed by atoms with van der Waals surface area (Å²) in [6.07, 6.45) is 4.91. The Balaban J connectivity index is 2.40. The maximum absolute atomic E-state index is 6.29. The number of aryl methyl sites for hydroxylation is 2. The van der Waals surface area contributed by atoms with Crippen molar-refractivity contribution in [2.75, 3.05) is 13.2 Å². The minimum absolute atomic E-state index is 0.0106. The van der Waals surface area contributed by atoms with E-state index in [9.17, 15) is 0 Å². The van der Waals surface area contributed by atoms with Gasteiger partial charge in [-0.2, -0.15) is 0 Å². The Bertz CT molecular complexity index is 435. The van der Waals surface area contributed by atoms with E-state index in [1.165, 1.54) is 42.4 Å². The molecule has 1 aliphatic rings. The molecule has 0 saturated heterocycles. The molecule has 1 fully saturated rings. The van der Waals surface area contributed by atoms with Crippen molar-refractivity contribution in [2.24, 2.45) is 0 Å². The number of likely N-dealkylation sites (N-methyl/N-ethyl adjacent to an activating group) is 1. The summed E-state index contributed by atoms with van der Waals surface area (Å²) < 4.78 is 6.29. The van der Waals surface area contributed by atoms with Crippen molar-refractivity contribution >= 4 is 0 Å². The number of hydrogen-bond acceptors (Lipinski definition) is 2. The van der Waals surface area contributed by atoms with E-state index >= 15 is 0 Å². The van der Waals surface area contributed by atoms with Crippen LogP contribution in [0.25, 0.3) is 0 Å². The molecule has 2 rings (SSSR count). The lowest BCUT2D eigenvalue weighted by atomic mass is 9.84. The van der Waals surface area contributed by atoms with Crippen LogP contribution >= 0.6 is 0 Å². The van der Waals surface area contributed by atoms with Gasteiger partial charge in [0.05, 0.1) is 11.6 Å². The van der Waals surface area contributed by atoms with E-state index in [0.29, 0.717) is 6.04 Å².